The van der Waals surface area contributed by atoms with E-state index < -0.39 is 22.8 Å². The normalized spacial score (nSPS) is 12.4. The van der Waals surface area contributed by atoms with E-state index >= 15 is 0 Å². The summed E-state index contributed by atoms with van der Waals surface area (Å²) in [6.07, 6.45) is 0. The maximum Gasteiger partial charge on any atom is 0.326 e. The summed E-state index contributed by atoms with van der Waals surface area (Å²) in [6, 6.07) is 2.23. The molecule has 0 saturated heterocycles. The highest BCUT2D eigenvalue weighted by atomic mass is 35.5. The molecule has 0 heterocycles. The summed E-state index contributed by atoms with van der Waals surface area (Å²) >= 11 is 11.0. The molecule has 1 rings (SSSR count). The zero-order valence-corrected chi connectivity index (χ0v) is 8.25. The molecule has 0 aromatic heterocycles. The first-order valence-corrected chi connectivity index (χ1v) is 4.33. The van der Waals surface area contributed by atoms with Crippen LogP contribution in [-0.4, -0.2) is 21.3 Å². The fraction of sp³-hybridized carbons (Fsp3) is 0.125. The Balaban J connectivity index is 3.19. The maximum atomic E-state index is 10.5. The van der Waals surface area contributed by atoms with Crippen LogP contribution < -0.4 is 0 Å². The van der Waals surface area contributed by atoms with Crippen molar-refractivity contribution in [1.82, 2.24) is 0 Å². The number of hydrogen-bond acceptors (Lipinski definition) is 3. The fourth-order valence-electron chi connectivity index (χ4n) is 0.894. The Morgan fingerprint density at radius 1 is 1.36 bits per heavy atom. The smallest absolute Gasteiger partial charge is 0.326 e. The van der Waals surface area contributed by atoms with Crippen LogP contribution in [0, 0.1) is 0 Å². The summed E-state index contributed by atoms with van der Waals surface area (Å²) < 4.78 is 0. The third-order valence-electron chi connectivity index (χ3n) is 1.58. The minimum absolute atomic E-state index is 0.111. The molecular formula is C8H6Cl2O4. The molecule has 4 nitrogen and oxygen atoms in total. The highest BCUT2D eigenvalue weighted by molar-refractivity contribution is 6.33. The van der Waals surface area contributed by atoms with Crippen molar-refractivity contribution >= 4 is 29.2 Å². The summed E-state index contributed by atoms with van der Waals surface area (Å²) in [7, 11) is 0. The zero-order chi connectivity index (χ0) is 10.9. The molecule has 1 atom stereocenters. The Morgan fingerprint density at radius 2 is 1.93 bits per heavy atom. The van der Waals surface area contributed by atoms with E-state index in [-0.39, 0.29) is 10.6 Å². The van der Waals surface area contributed by atoms with Crippen LogP contribution in [0.4, 0.5) is 0 Å². The van der Waals surface area contributed by atoms with Crippen molar-refractivity contribution in [3.63, 3.8) is 0 Å². The molecule has 1 aromatic carbocycles. The monoisotopic (exact) mass is 236 g/mol. The number of alkyl halides is 1. The number of aliphatic carboxylic acids is 1. The summed E-state index contributed by atoms with van der Waals surface area (Å²) in [4.78, 5) is 10.5. The quantitative estimate of drug-likeness (QED) is 0.543. The van der Waals surface area contributed by atoms with Crippen molar-refractivity contribution in [3.8, 4) is 11.5 Å². The Bertz CT molecular complexity index is 355. The Hall–Kier alpha value is -1.13. The van der Waals surface area contributed by atoms with Crippen molar-refractivity contribution in [2.45, 2.75) is 5.38 Å². The minimum atomic E-state index is -1.31. The number of phenols is 2. The summed E-state index contributed by atoms with van der Waals surface area (Å²) in [6.45, 7) is 0. The van der Waals surface area contributed by atoms with Gasteiger partial charge >= 0.3 is 5.97 Å². The predicted octanol–water partition coefficient (Wildman–Crippen LogP) is 2.12. The molecular weight excluding hydrogens is 231 g/mol. The van der Waals surface area contributed by atoms with Gasteiger partial charge in [0, 0.05) is 0 Å². The molecule has 0 saturated carbocycles. The fourth-order valence-corrected chi connectivity index (χ4v) is 1.24. The second-order valence-electron chi connectivity index (χ2n) is 2.57. The molecule has 3 N–H and O–H groups in total. The molecule has 6 heteroatoms. The molecule has 0 amide bonds. The maximum absolute atomic E-state index is 10.5. The molecule has 76 valence electrons. The molecule has 0 aliphatic carbocycles. The number of benzene rings is 1. The number of hydrogen-bond donors (Lipinski definition) is 3. The van der Waals surface area contributed by atoms with Gasteiger partial charge in [-0.15, -0.1) is 11.6 Å². The Morgan fingerprint density at radius 3 is 2.36 bits per heavy atom. The van der Waals surface area contributed by atoms with Gasteiger partial charge < -0.3 is 15.3 Å². The van der Waals surface area contributed by atoms with Gasteiger partial charge in [-0.25, -0.2) is 0 Å². The summed E-state index contributed by atoms with van der Waals surface area (Å²) in [5.74, 6) is -2.25. The van der Waals surface area contributed by atoms with E-state index in [1.165, 1.54) is 6.07 Å². The molecule has 0 bridgehead atoms. The second-order valence-corrected chi connectivity index (χ2v) is 3.41. The van der Waals surface area contributed by atoms with Crippen molar-refractivity contribution in [1.29, 1.82) is 0 Å². The first-order valence-electron chi connectivity index (χ1n) is 3.51. The number of carboxylic acids is 1. The molecule has 0 spiro atoms. The number of carbonyl (C=O) groups is 1. The minimum Gasteiger partial charge on any atom is -0.504 e. The van der Waals surface area contributed by atoms with Gasteiger partial charge in [0.25, 0.3) is 0 Å². The van der Waals surface area contributed by atoms with Crippen molar-refractivity contribution in [2.75, 3.05) is 0 Å². The van der Waals surface area contributed by atoms with Crippen LogP contribution in [0.2, 0.25) is 5.02 Å². The number of phenolic OH excluding ortho intramolecular Hbond substituents is 2. The highest BCUT2D eigenvalue weighted by Crippen LogP contribution is 2.37. The van der Waals surface area contributed by atoms with Crippen LogP contribution in [0.1, 0.15) is 10.9 Å². The molecule has 1 unspecified atom stereocenters. The number of rotatable bonds is 2. The molecule has 14 heavy (non-hydrogen) atoms. The zero-order valence-electron chi connectivity index (χ0n) is 6.74. The van der Waals surface area contributed by atoms with Gasteiger partial charge in [0.1, 0.15) is 0 Å². The third kappa shape index (κ3) is 2.02. The van der Waals surface area contributed by atoms with Gasteiger partial charge in [-0.3, -0.25) is 4.79 Å². The van der Waals surface area contributed by atoms with E-state index in [1.54, 1.807) is 0 Å². The van der Waals surface area contributed by atoms with Gasteiger partial charge in [0.2, 0.25) is 0 Å². The highest BCUT2D eigenvalue weighted by Gasteiger charge is 2.19. The topological polar surface area (TPSA) is 77.8 Å². The second kappa shape index (κ2) is 3.94. The lowest BCUT2D eigenvalue weighted by atomic mass is 10.1. The van der Waals surface area contributed by atoms with Crippen LogP contribution in [0.5, 0.6) is 11.5 Å². The average Bonchev–Trinajstić information content (AvgIpc) is 2.12. The molecule has 0 fully saturated rings. The van der Waals surface area contributed by atoms with Crippen molar-refractivity contribution in [2.24, 2.45) is 0 Å². The molecule has 0 aliphatic rings. The van der Waals surface area contributed by atoms with Crippen molar-refractivity contribution in [3.05, 3.63) is 22.7 Å². The summed E-state index contributed by atoms with van der Waals surface area (Å²) in [5, 5.41) is 25.3. The van der Waals surface area contributed by atoms with Crippen LogP contribution in [0.25, 0.3) is 0 Å². The van der Waals surface area contributed by atoms with E-state index in [0.29, 0.717) is 0 Å². The van der Waals surface area contributed by atoms with Crippen LogP contribution in [-0.2, 0) is 4.79 Å². The largest absolute Gasteiger partial charge is 0.504 e. The van der Waals surface area contributed by atoms with E-state index in [0.717, 1.165) is 6.07 Å². The Kier molecular flexibility index (Phi) is 3.08. The SMILES string of the molecule is O=C(O)C(Cl)c1cc(O)c(O)c(Cl)c1. The van der Waals surface area contributed by atoms with E-state index in [9.17, 15) is 4.79 Å². The summed E-state index contributed by atoms with van der Waals surface area (Å²) in [5.41, 5.74) is 0.111. The van der Waals surface area contributed by atoms with Crippen molar-refractivity contribution < 1.29 is 20.1 Å². The molecule has 0 aliphatic heterocycles. The van der Waals surface area contributed by atoms with Gasteiger partial charge in [0.05, 0.1) is 5.02 Å². The lowest BCUT2D eigenvalue weighted by molar-refractivity contribution is -0.136. The third-order valence-corrected chi connectivity index (χ3v) is 2.30. The van der Waals surface area contributed by atoms with Crippen LogP contribution >= 0.6 is 23.2 Å². The first kappa shape index (κ1) is 10.9. The lowest BCUT2D eigenvalue weighted by Crippen LogP contribution is -2.04. The van der Waals surface area contributed by atoms with Gasteiger partial charge in [-0.2, -0.15) is 0 Å². The standard InChI is InChI=1S/C8H6Cl2O4/c9-4-1-3(6(10)8(13)14)2-5(11)7(4)12/h1-2,6,11-12H,(H,13,14). The van der Waals surface area contributed by atoms with E-state index in [2.05, 4.69) is 0 Å². The number of halogens is 2. The van der Waals surface area contributed by atoms with E-state index in [1.807, 2.05) is 0 Å². The van der Waals surface area contributed by atoms with Crippen LogP contribution in [0.15, 0.2) is 12.1 Å². The van der Waals surface area contributed by atoms with Crippen LogP contribution in [0.3, 0.4) is 0 Å². The molecule has 0 radical (unpaired) electrons. The van der Waals surface area contributed by atoms with Gasteiger partial charge in [-0.1, -0.05) is 11.6 Å². The molecule has 1 aromatic rings. The first-order chi connectivity index (χ1) is 6.43. The lowest BCUT2D eigenvalue weighted by Gasteiger charge is -2.07. The van der Waals surface area contributed by atoms with Gasteiger partial charge in [-0.05, 0) is 17.7 Å². The predicted molar refractivity (Wildman–Crippen MR) is 51.0 cm³/mol. The number of carboxylic acid groups (broad SMARTS) is 1. The van der Waals surface area contributed by atoms with E-state index in [4.69, 9.17) is 38.5 Å². The number of aromatic hydroxyl groups is 2. The Labute approximate surface area is 89.3 Å². The average molecular weight is 237 g/mol. The van der Waals surface area contributed by atoms with Gasteiger partial charge in [0.15, 0.2) is 16.9 Å².